The summed E-state index contributed by atoms with van der Waals surface area (Å²) in [5, 5.41) is 15.3. The van der Waals surface area contributed by atoms with Crippen LogP contribution in [-0.2, 0) is 4.79 Å². The van der Waals surface area contributed by atoms with Crippen molar-refractivity contribution in [1.29, 1.82) is 0 Å². The van der Waals surface area contributed by atoms with Gasteiger partial charge >= 0.3 is 5.97 Å². The zero-order chi connectivity index (χ0) is 14.3. The number of aromatic nitrogens is 2. The Bertz CT molecular complexity index is 432. The molecule has 0 saturated carbocycles. The molecule has 0 atom stereocenters. The van der Waals surface area contributed by atoms with Crippen molar-refractivity contribution in [2.45, 2.75) is 45.4 Å². The minimum absolute atomic E-state index is 0.142. The molecule has 1 aromatic rings. The Labute approximate surface area is 116 Å². The number of amides is 1. The van der Waals surface area contributed by atoms with E-state index >= 15 is 0 Å². The molecule has 1 aromatic heterocycles. The Balaban J connectivity index is 2.28. The predicted molar refractivity (Wildman–Crippen MR) is 72.4 cm³/mol. The van der Waals surface area contributed by atoms with Crippen LogP contribution in [0.15, 0.2) is 0 Å². The van der Waals surface area contributed by atoms with E-state index in [0.717, 1.165) is 30.1 Å². The zero-order valence-corrected chi connectivity index (χ0v) is 12.0. The Morgan fingerprint density at radius 3 is 2.68 bits per heavy atom. The molecular formula is C12H19N3O3S. The highest BCUT2D eigenvalue weighted by atomic mass is 32.1. The summed E-state index contributed by atoms with van der Waals surface area (Å²) in [4.78, 5) is 22.8. The topological polar surface area (TPSA) is 92.2 Å². The Kier molecular flexibility index (Phi) is 6.41. The quantitative estimate of drug-likeness (QED) is 0.713. The molecule has 1 amide bonds. The lowest BCUT2D eigenvalue weighted by Crippen LogP contribution is -2.24. The minimum atomic E-state index is -0.777. The van der Waals surface area contributed by atoms with E-state index in [4.69, 9.17) is 5.11 Å². The molecule has 0 aliphatic heterocycles. The fourth-order valence-corrected chi connectivity index (χ4v) is 2.33. The molecule has 1 heterocycles. The highest BCUT2D eigenvalue weighted by molar-refractivity contribution is 7.08. The van der Waals surface area contributed by atoms with Crippen molar-refractivity contribution < 1.29 is 14.7 Å². The fourth-order valence-electron chi connectivity index (χ4n) is 1.59. The fraction of sp³-hybridized carbons (Fsp3) is 0.667. The van der Waals surface area contributed by atoms with Crippen LogP contribution in [0.2, 0.25) is 0 Å². The molecule has 0 unspecified atom stereocenters. The van der Waals surface area contributed by atoms with E-state index in [-0.39, 0.29) is 18.2 Å². The standard InChI is InChI=1S/C12H19N3O3S/c1-8(2)10-11(19-15-14-10)12(18)13-7-5-3-4-6-9(16)17/h8H,3-7H2,1-2H3,(H,13,18)(H,16,17). The lowest BCUT2D eigenvalue weighted by Gasteiger charge is -2.05. The molecule has 0 aliphatic carbocycles. The summed E-state index contributed by atoms with van der Waals surface area (Å²) in [6, 6.07) is 0. The third kappa shape index (κ3) is 5.34. The van der Waals surface area contributed by atoms with Crippen molar-refractivity contribution in [3.05, 3.63) is 10.6 Å². The van der Waals surface area contributed by atoms with Crippen LogP contribution < -0.4 is 5.32 Å². The molecule has 1 rings (SSSR count). The number of hydrogen-bond donors (Lipinski definition) is 2. The Morgan fingerprint density at radius 1 is 1.32 bits per heavy atom. The third-order valence-corrected chi connectivity index (χ3v) is 3.36. The molecule has 0 spiro atoms. The van der Waals surface area contributed by atoms with Crippen molar-refractivity contribution in [3.8, 4) is 0 Å². The van der Waals surface area contributed by atoms with Crippen molar-refractivity contribution in [2.75, 3.05) is 6.54 Å². The molecular weight excluding hydrogens is 266 g/mol. The van der Waals surface area contributed by atoms with E-state index in [0.29, 0.717) is 17.8 Å². The summed E-state index contributed by atoms with van der Waals surface area (Å²) in [6.45, 7) is 4.49. The van der Waals surface area contributed by atoms with Crippen molar-refractivity contribution in [1.82, 2.24) is 14.9 Å². The van der Waals surface area contributed by atoms with Crippen molar-refractivity contribution in [3.63, 3.8) is 0 Å². The number of aliphatic carboxylic acids is 1. The number of nitrogens with zero attached hydrogens (tertiary/aromatic N) is 2. The van der Waals surface area contributed by atoms with Gasteiger partial charge in [-0.05, 0) is 30.3 Å². The SMILES string of the molecule is CC(C)c1nnsc1C(=O)NCCCCCC(=O)O. The first-order chi connectivity index (χ1) is 9.02. The molecule has 6 nitrogen and oxygen atoms in total. The average molecular weight is 285 g/mol. The van der Waals surface area contributed by atoms with Gasteiger partial charge < -0.3 is 10.4 Å². The number of rotatable bonds is 8. The van der Waals surface area contributed by atoms with E-state index < -0.39 is 5.97 Å². The van der Waals surface area contributed by atoms with E-state index in [1.807, 2.05) is 13.8 Å². The predicted octanol–water partition coefficient (Wildman–Crippen LogP) is 2.04. The van der Waals surface area contributed by atoms with Gasteiger partial charge in [-0.2, -0.15) is 0 Å². The lowest BCUT2D eigenvalue weighted by molar-refractivity contribution is -0.137. The molecule has 7 heteroatoms. The molecule has 0 fully saturated rings. The van der Waals surface area contributed by atoms with E-state index in [9.17, 15) is 9.59 Å². The molecule has 19 heavy (non-hydrogen) atoms. The normalized spacial score (nSPS) is 10.7. The van der Waals surface area contributed by atoms with Gasteiger partial charge in [0, 0.05) is 13.0 Å². The van der Waals surface area contributed by atoms with E-state index in [1.165, 1.54) is 0 Å². The maximum atomic E-state index is 11.9. The monoisotopic (exact) mass is 285 g/mol. The van der Waals surface area contributed by atoms with Crippen LogP contribution in [0, 0.1) is 0 Å². The van der Waals surface area contributed by atoms with Crippen LogP contribution >= 0.6 is 11.5 Å². The summed E-state index contributed by atoms with van der Waals surface area (Å²) < 4.78 is 3.81. The molecule has 0 aromatic carbocycles. The van der Waals surface area contributed by atoms with Gasteiger partial charge in [0.1, 0.15) is 4.88 Å². The maximum Gasteiger partial charge on any atom is 0.303 e. The lowest BCUT2D eigenvalue weighted by atomic mass is 10.1. The van der Waals surface area contributed by atoms with Crippen LogP contribution in [0.1, 0.15) is 60.8 Å². The van der Waals surface area contributed by atoms with Gasteiger partial charge in [0.25, 0.3) is 5.91 Å². The second kappa shape index (κ2) is 7.83. The minimum Gasteiger partial charge on any atom is -0.481 e. The number of nitrogens with one attached hydrogen (secondary N) is 1. The van der Waals surface area contributed by atoms with E-state index in [1.54, 1.807) is 0 Å². The number of carbonyl (C=O) groups is 2. The number of carbonyl (C=O) groups excluding carboxylic acids is 1. The van der Waals surface area contributed by atoms with Gasteiger partial charge in [-0.3, -0.25) is 9.59 Å². The zero-order valence-electron chi connectivity index (χ0n) is 11.2. The molecule has 0 saturated heterocycles. The molecule has 0 radical (unpaired) electrons. The second-order valence-corrected chi connectivity index (χ2v) is 5.36. The first-order valence-corrected chi connectivity index (χ1v) is 7.12. The first kappa shape index (κ1) is 15.6. The highest BCUT2D eigenvalue weighted by Crippen LogP contribution is 2.19. The maximum absolute atomic E-state index is 11.9. The summed E-state index contributed by atoms with van der Waals surface area (Å²) in [5.74, 6) is -0.742. The summed E-state index contributed by atoms with van der Waals surface area (Å²) in [5.41, 5.74) is 0.730. The van der Waals surface area contributed by atoms with Crippen molar-refractivity contribution in [2.24, 2.45) is 0 Å². The highest BCUT2D eigenvalue weighted by Gasteiger charge is 2.17. The van der Waals surface area contributed by atoms with Gasteiger partial charge in [0.05, 0.1) is 5.69 Å². The molecule has 2 N–H and O–H groups in total. The van der Waals surface area contributed by atoms with Gasteiger partial charge in [-0.1, -0.05) is 24.8 Å². The largest absolute Gasteiger partial charge is 0.481 e. The number of carboxylic acid groups (broad SMARTS) is 1. The Morgan fingerprint density at radius 2 is 2.05 bits per heavy atom. The van der Waals surface area contributed by atoms with E-state index in [2.05, 4.69) is 14.9 Å². The number of unbranched alkanes of at least 4 members (excludes halogenated alkanes) is 2. The summed E-state index contributed by atoms with van der Waals surface area (Å²) >= 11 is 1.11. The van der Waals surface area contributed by atoms with Crippen LogP contribution in [0.5, 0.6) is 0 Å². The summed E-state index contributed by atoms with van der Waals surface area (Å²) in [7, 11) is 0. The number of hydrogen-bond acceptors (Lipinski definition) is 5. The summed E-state index contributed by atoms with van der Waals surface area (Å²) in [6.07, 6.45) is 2.40. The van der Waals surface area contributed by atoms with Crippen molar-refractivity contribution >= 4 is 23.4 Å². The van der Waals surface area contributed by atoms with Crippen LogP contribution in [0.3, 0.4) is 0 Å². The van der Waals surface area contributed by atoms with Gasteiger partial charge in [0.2, 0.25) is 0 Å². The molecule has 0 bridgehead atoms. The van der Waals surface area contributed by atoms with Gasteiger partial charge in [0.15, 0.2) is 0 Å². The molecule has 0 aliphatic rings. The van der Waals surface area contributed by atoms with Crippen LogP contribution in [-0.4, -0.2) is 33.1 Å². The van der Waals surface area contributed by atoms with Crippen LogP contribution in [0.4, 0.5) is 0 Å². The second-order valence-electron chi connectivity index (χ2n) is 4.60. The van der Waals surface area contributed by atoms with Crippen LogP contribution in [0.25, 0.3) is 0 Å². The third-order valence-electron chi connectivity index (χ3n) is 2.62. The first-order valence-electron chi connectivity index (χ1n) is 6.34. The smallest absolute Gasteiger partial charge is 0.303 e. The number of carboxylic acids is 1. The van der Waals surface area contributed by atoms with Gasteiger partial charge in [-0.15, -0.1) is 5.10 Å². The molecule has 106 valence electrons. The Hall–Kier alpha value is -1.50. The van der Waals surface area contributed by atoms with Gasteiger partial charge in [-0.25, -0.2) is 0 Å². The average Bonchev–Trinajstić information content (AvgIpc) is 2.82.